The minimum absolute atomic E-state index is 0.0572. The maximum Gasteiger partial charge on any atom is 0.240 e. The second-order valence-electron chi connectivity index (χ2n) is 6.64. The molecule has 3 N–H and O–H groups in total. The molecule has 1 saturated heterocycles. The van der Waals surface area contributed by atoms with E-state index < -0.39 is 15.8 Å². The number of nitrogens with two attached hydrogens (primary N) is 1. The van der Waals surface area contributed by atoms with E-state index in [1.54, 1.807) is 6.07 Å². The number of aromatic nitrogens is 3. The van der Waals surface area contributed by atoms with Crippen molar-refractivity contribution in [3.05, 3.63) is 48.5 Å². The molecular formula is C18H19FN6O2S. The Morgan fingerprint density at radius 1 is 1.07 bits per heavy atom. The predicted octanol–water partition coefficient (Wildman–Crippen LogP) is 1.69. The smallest absolute Gasteiger partial charge is 0.240 e. The molecular weight excluding hydrogens is 383 g/mol. The van der Waals surface area contributed by atoms with Gasteiger partial charge in [-0.05, 0) is 49.2 Å². The summed E-state index contributed by atoms with van der Waals surface area (Å²) in [6, 6.07) is 8.15. The van der Waals surface area contributed by atoms with Crippen LogP contribution in [-0.4, -0.2) is 42.5 Å². The fourth-order valence-corrected chi connectivity index (χ4v) is 4.61. The van der Waals surface area contributed by atoms with Gasteiger partial charge in [-0.25, -0.2) is 32.5 Å². The summed E-state index contributed by atoms with van der Waals surface area (Å²) >= 11 is 0. The van der Waals surface area contributed by atoms with Crippen molar-refractivity contribution >= 4 is 32.7 Å². The number of nitrogens with one attached hydrogen (secondary N) is 1. The van der Waals surface area contributed by atoms with Gasteiger partial charge in [0, 0.05) is 19.1 Å². The Hall–Kier alpha value is -2.85. The van der Waals surface area contributed by atoms with Crippen LogP contribution in [0.4, 0.5) is 16.0 Å². The number of pyridine rings is 1. The zero-order chi connectivity index (χ0) is 19.7. The second-order valence-corrected chi connectivity index (χ2v) is 8.36. The molecule has 0 bridgehead atoms. The van der Waals surface area contributed by atoms with Crippen LogP contribution in [-0.2, 0) is 10.0 Å². The number of rotatable bonds is 4. The Balaban J connectivity index is 1.46. The average molecular weight is 402 g/mol. The molecule has 10 heteroatoms. The average Bonchev–Trinajstić information content (AvgIpc) is 2.68. The number of anilines is 2. The van der Waals surface area contributed by atoms with Crippen molar-refractivity contribution in [2.75, 3.05) is 23.7 Å². The van der Waals surface area contributed by atoms with Gasteiger partial charge in [-0.3, -0.25) is 0 Å². The van der Waals surface area contributed by atoms with Crippen molar-refractivity contribution in [3.8, 4) is 0 Å². The summed E-state index contributed by atoms with van der Waals surface area (Å²) in [7, 11) is -3.68. The van der Waals surface area contributed by atoms with Gasteiger partial charge in [0.25, 0.3) is 0 Å². The summed E-state index contributed by atoms with van der Waals surface area (Å²) < 4.78 is 40.7. The van der Waals surface area contributed by atoms with Gasteiger partial charge >= 0.3 is 0 Å². The lowest BCUT2D eigenvalue weighted by molar-refractivity contribution is 0.459. The van der Waals surface area contributed by atoms with Crippen molar-refractivity contribution in [1.29, 1.82) is 0 Å². The third-order valence-corrected chi connectivity index (χ3v) is 6.27. The number of halogens is 1. The van der Waals surface area contributed by atoms with Gasteiger partial charge in [0.05, 0.1) is 10.3 Å². The first-order chi connectivity index (χ1) is 13.4. The Morgan fingerprint density at radius 2 is 1.79 bits per heavy atom. The van der Waals surface area contributed by atoms with Crippen LogP contribution in [0.25, 0.3) is 11.0 Å². The molecule has 2 aromatic heterocycles. The molecule has 0 unspecified atom stereocenters. The van der Waals surface area contributed by atoms with Crippen molar-refractivity contribution in [3.63, 3.8) is 0 Å². The lowest BCUT2D eigenvalue weighted by Crippen LogP contribution is -2.45. The highest BCUT2D eigenvalue weighted by Gasteiger charge is 2.26. The number of benzene rings is 1. The van der Waals surface area contributed by atoms with Gasteiger partial charge in [0.15, 0.2) is 5.65 Å². The molecule has 0 spiro atoms. The molecule has 0 amide bonds. The molecule has 146 valence electrons. The lowest BCUT2D eigenvalue weighted by Gasteiger charge is -2.33. The summed E-state index contributed by atoms with van der Waals surface area (Å²) in [6.45, 7) is 1.26. The molecule has 0 saturated carbocycles. The van der Waals surface area contributed by atoms with E-state index in [-0.39, 0.29) is 10.9 Å². The molecule has 3 aromatic rings. The molecule has 3 heterocycles. The molecule has 0 atom stereocenters. The van der Waals surface area contributed by atoms with Crippen molar-refractivity contribution in [1.82, 2.24) is 19.7 Å². The normalized spacial score (nSPS) is 15.8. The third kappa shape index (κ3) is 3.73. The highest BCUT2D eigenvalue weighted by atomic mass is 32.2. The van der Waals surface area contributed by atoms with E-state index in [4.69, 9.17) is 5.73 Å². The Kier molecular flexibility index (Phi) is 4.82. The first-order valence-electron chi connectivity index (χ1n) is 8.82. The highest BCUT2D eigenvalue weighted by Crippen LogP contribution is 2.26. The molecule has 1 aliphatic rings. The largest absolute Gasteiger partial charge is 0.384 e. The van der Waals surface area contributed by atoms with Crippen LogP contribution >= 0.6 is 0 Å². The number of hydrogen-bond acceptors (Lipinski definition) is 7. The maximum atomic E-state index is 13.0. The van der Waals surface area contributed by atoms with Crippen LogP contribution in [0.1, 0.15) is 12.8 Å². The maximum absolute atomic E-state index is 13.0. The monoisotopic (exact) mass is 402 g/mol. The Morgan fingerprint density at radius 3 is 2.50 bits per heavy atom. The summed E-state index contributed by atoms with van der Waals surface area (Å²) in [6.07, 6.45) is 2.69. The number of sulfonamides is 1. The van der Waals surface area contributed by atoms with Gasteiger partial charge in [0.1, 0.15) is 23.8 Å². The number of piperidine rings is 1. The summed E-state index contributed by atoms with van der Waals surface area (Å²) in [5.41, 5.74) is 6.25. The van der Waals surface area contributed by atoms with E-state index >= 15 is 0 Å². The fourth-order valence-electron chi connectivity index (χ4n) is 3.31. The molecule has 1 aliphatic heterocycles. The molecule has 4 rings (SSSR count). The van der Waals surface area contributed by atoms with E-state index in [0.717, 1.165) is 23.3 Å². The quantitative estimate of drug-likeness (QED) is 0.682. The van der Waals surface area contributed by atoms with Crippen molar-refractivity contribution in [2.24, 2.45) is 0 Å². The van der Waals surface area contributed by atoms with E-state index in [0.29, 0.717) is 37.4 Å². The van der Waals surface area contributed by atoms with Gasteiger partial charge in [-0.2, -0.15) is 0 Å². The molecule has 8 nitrogen and oxygen atoms in total. The lowest BCUT2D eigenvalue weighted by atomic mass is 10.1. The second kappa shape index (κ2) is 7.28. The molecule has 28 heavy (non-hydrogen) atoms. The minimum Gasteiger partial charge on any atom is -0.384 e. The third-order valence-electron chi connectivity index (χ3n) is 4.74. The van der Waals surface area contributed by atoms with Crippen LogP contribution in [0.5, 0.6) is 0 Å². The first-order valence-corrected chi connectivity index (χ1v) is 10.3. The van der Waals surface area contributed by atoms with E-state index in [2.05, 4.69) is 24.6 Å². The molecule has 0 radical (unpaired) electrons. The van der Waals surface area contributed by atoms with Crippen LogP contribution in [0.2, 0.25) is 0 Å². The standard InChI is InChI=1S/C18H19FN6O2S/c19-12-1-3-14(4-2-12)28(26,27)24-13-7-9-25(10-8-13)18-15-5-6-16(20)23-17(15)21-11-22-18/h1-6,11,13,24H,7-10H2,(H2,20,21,22,23). The van der Waals surface area contributed by atoms with E-state index in [1.165, 1.54) is 18.5 Å². The van der Waals surface area contributed by atoms with Crippen LogP contribution in [0.3, 0.4) is 0 Å². The first kappa shape index (κ1) is 18.5. The highest BCUT2D eigenvalue weighted by molar-refractivity contribution is 7.89. The molecule has 1 fully saturated rings. The molecule has 0 aliphatic carbocycles. The van der Waals surface area contributed by atoms with E-state index in [9.17, 15) is 12.8 Å². The SMILES string of the molecule is Nc1ccc2c(N3CCC(NS(=O)(=O)c4ccc(F)cc4)CC3)ncnc2n1. The van der Waals surface area contributed by atoms with Crippen molar-refractivity contribution < 1.29 is 12.8 Å². The van der Waals surface area contributed by atoms with Gasteiger partial charge in [-0.1, -0.05) is 0 Å². The number of nitrogen functional groups attached to an aromatic ring is 1. The van der Waals surface area contributed by atoms with Gasteiger partial charge < -0.3 is 10.6 Å². The zero-order valence-corrected chi connectivity index (χ0v) is 15.7. The van der Waals surface area contributed by atoms with E-state index in [1.807, 2.05) is 6.07 Å². The summed E-state index contributed by atoms with van der Waals surface area (Å²) in [5, 5.41) is 0.807. The summed E-state index contributed by atoms with van der Waals surface area (Å²) in [4.78, 5) is 14.9. The Labute approximate surface area is 161 Å². The number of hydrogen-bond donors (Lipinski definition) is 2. The topological polar surface area (TPSA) is 114 Å². The summed E-state index contributed by atoms with van der Waals surface area (Å²) in [5.74, 6) is 0.684. The fraction of sp³-hybridized carbons (Fsp3) is 0.278. The van der Waals surface area contributed by atoms with Gasteiger partial charge in [-0.15, -0.1) is 0 Å². The van der Waals surface area contributed by atoms with Gasteiger partial charge in [0.2, 0.25) is 10.0 Å². The van der Waals surface area contributed by atoms with Crippen LogP contribution < -0.4 is 15.4 Å². The zero-order valence-electron chi connectivity index (χ0n) is 14.9. The minimum atomic E-state index is -3.68. The number of fused-ring (bicyclic) bond motifs is 1. The Bertz CT molecular complexity index is 1100. The van der Waals surface area contributed by atoms with Crippen molar-refractivity contribution in [2.45, 2.75) is 23.8 Å². The number of nitrogens with zero attached hydrogens (tertiary/aromatic N) is 4. The predicted molar refractivity (Wildman–Crippen MR) is 104 cm³/mol. The van der Waals surface area contributed by atoms with Crippen LogP contribution in [0, 0.1) is 5.82 Å². The van der Waals surface area contributed by atoms with Crippen LogP contribution in [0.15, 0.2) is 47.6 Å². The molecule has 1 aromatic carbocycles.